The number of amides is 1. The lowest BCUT2D eigenvalue weighted by Gasteiger charge is -2.11. The third-order valence-corrected chi connectivity index (χ3v) is 2.86. The van der Waals surface area contributed by atoms with Gasteiger partial charge in [0.05, 0.1) is 13.0 Å². The molecule has 19 heavy (non-hydrogen) atoms. The molecule has 1 aromatic carbocycles. The number of methoxy groups -OCH3 is 1. The molecule has 0 aliphatic heterocycles. The van der Waals surface area contributed by atoms with Crippen LogP contribution in [0, 0.1) is 5.92 Å². The number of hydrogen-bond acceptors (Lipinski definition) is 3. The number of nitrogens with one attached hydrogen (secondary N) is 1. The van der Waals surface area contributed by atoms with Crippen LogP contribution in [0.4, 0.5) is 5.69 Å². The topological polar surface area (TPSA) is 75.6 Å². The van der Waals surface area contributed by atoms with Crippen LogP contribution in [0.15, 0.2) is 18.2 Å². The second kappa shape index (κ2) is 6.78. The summed E-state index contributed by atoms with van der Waals surface area (Å²) in [6, 6.07) is 5.36. The lowest BCUT2D eigenvalue weighted by molar-refractivity contribution is -0.142. The van der Waals surface area contributed by atoms with Crippen LogP contribution in [-0.2, 0) is 16.0 Å². The van der Waals surface area contributed by atoms with Gasteiger partial charge in [0.25, 0.3) is 0 Å². The number of ether oxygens (including phenoxy) is 1. The summed E-state index contributed by atoms with van der Waals surface area (Å²) in [5, 5.41) is 11.4. The molecule has 2 N–H and O–H groups in total. The SMILES string of the molecule is CCc1cc(NC(=O)CC(C)C(=O)O)ccc1OC. The van der Waals surface area contributed by atoms with Crippen molar-refractivity contribution < 1.29 is 19.4 Å². The second-order valence-electron chi connectivity index (χ2n) is 4.37. The van der Waals surface area contributed by atoms with E-state index < -0.39 is 11.9 Å². The summed E-state index contributed by atoms with van der Waals surface area (Å²) < 4.78 is 5.20. The molecule has 0 saturated heterocycles. The zero-order chi connectivity index (χ0) is 14.4. The van der Waals surface area contributed by atoms with Crippen molar-refractivity contribution in [3.63, 3.8) is 0 Å². The first-order valence-corrected chi connectivity index (χ1v) is 6.17. The summed E-state index contributed by atoms with van der Waals surface area (Å²) in [5.74, 6) is -1.19. The number of anilines is 1. The molecule has 0 heterocycles. The number of rotatable bonds is 6. The van der Waals surface area contributed by atoms with Crippen molar-refractivity contribution in [2.45, 2.75) is 26.7 Å². The molecule has 1 amide bonds. The molecule has 1 rings (SSSR count). The van der Waals surface area contributed by atoms with Gasteiger partial charge in [-0.25, -0.2) is 0 Å². The molecule has 0 aliphatic carbocycles. The Hall–Kier alpha value is -2.04. The van der Waals surface area contributed by atoms with Crippen LogP contribution < -0.4 is 10.1 Å². The Morgan fingerprint density at radius 3 is 2.63 bits per heavy atom. The van der Waals surface area contributed by atoms with Crippen LogP contribution >= 0.6 is 0 Å². The normalized spacial score (nSPS) is 11.7. The zero-order valence-electron chi connectivity index (χ0n) is 11.4. The molecule has 104 valence electrons. The Morgan fingerprint density at radius 1 is 1.42 bits per heavy atom. The Labute approximate surface area is 112 Å². The van der Waals surface area contributed by atoms with Gasteiger partial charge in [-0.05, 0) is 30.2 Å². The highest BCUT2D eigenvalue weighted by atomic mass is 16.5. The molecular weight excluding hydrogens is 246 g/mol. The van der Waals surface area contributed by atoms with Crippen LogP contribution in [0.5, 0.6) is 5.75 Å². The molecule has 5 heteroatoms. The Balaban J connectivity index is 2.72. The van der Waals surface area contributed by atoms with E-state index in [1.807, 2.05) is 13.0 Å². The highest BCUT2D eigenvalue weighted by molar-refractivity contribution is 5.93. The smallest absolute Gasteiger partial charge is 0.306 e. The molecule has 0 aliphatic rings. The number of benzene rings is 1. The Bertz CT molecular complexity index is 471. The van der Waals surface area contributed by atoms with Crippen molar-refractivity contribution in [2.75, 3.05) is 12.4 Å². The van der Waals surface area contributed by atoms with E-state index in [0.29, 0.717) is 5.69 Å². The first-order valence-electron chi connectivity index (χ1n) is 6.17. The van der Waals surface area contributed by atoms with Crippen molar-refractivity contribution in [1.29, 1.82) is 0 Å². The van der Waals surface area contributed by atoms with E-state index in [0.717, 1.165) is 17.7 Å². The van der Waals surface area contributed by atoms with Crippen LogP contribution in [0.25, 0.3) is 0 Å². The molecule has 0 saturated carbocycles. The zero-order valence-corrected chi connectivity index (χ0v) is 11.4. The van der Waals surface area contributed by atoms with Gasteiger partial charge in [0.2, 0.25) is 5.91 Å². The number of carboxylic acid groups (broad SMARTS) is 1. The number of carbonyl (C=O) groups is 2. The lowest BCUT2D eigenvalue weighted by Crippen LogP contribution is -2.20. The summed E-state index contributed by atoms with van der Waals surface area (Å²) in [7, 11) is 1.60. The predicted octanol–water partition coefficient (Wildman–Crippen LogP) is 2.31. The highest BCUT2D eigenvalue weighted by Gasteiger charge is 2.16. The molecule has 0 bridgehead atoms. The van der Waals surface area contributed by atoms with Gasteiger partial charge < -0.3 is 15.2 Å². The minimum atomic E-state index is -0.973. The number of aryl methyl sites for hydroxylation is 1. The molecule has 0 fully saturated rings. The van der Waals surface area contributed by atoms with Crippen LogP contribution in [-0.4, -0.2) is 24.1 Å². The first kappa shape index (κ1) is 15.0. The Kier molecular flexibility index (Phi) is 5.36. The van der Waals surface area contributed by atoms with Gasteiger partial charge >= 0.3 is 5.97 Å². The first-order chi connectivity index (χ1) is 8.97. The van der Waals surface area contributed by atoms with Crippen LogP contribution in [0.2, 0.25) is 0 Å². The third-order valence-electron chi connectivity index (χ3n) is 2.86. The molecular formula is C14H19NO4. The van der Waals surface area contributed by atoms with Gasteiger partial charge in [-0.2, -0.15) is 0 Å². The minimum absolute atomic E-state index is 0.0389. The van der Waals surface area contributed by atoms with E-state index in [1.54, 1.807) is 19.2 Å². The molecule has 1 aromatic rings. The Morgan fingerprint density at radius 2 is 2.11 bits per heavy atom. The lowest BCUT2D eigenvalue weighted by atomic mass is 10.1. The third kappa shape index (κ3) is 4.28. The van der Waals surface area contributed by atoms with Crippen LogP contribution in [0.3, 0.4) is 0 Å². The fourth-order valence-corrected chi connectivity index (χ4v) is 1.71. The largest absolute Gasteiger partial charge is 0.496 e. The maximum atomic E-state index is 11.7. The molecule has 1 unspecified atom stereocenters. The van der Waals surface area contributed by atoms with Gasteiger partial charge in [0, 0.05) is 12.1 Å². The maximum absolute atomic E-state index is 11.7. The summed E-state index contributed by atoms with van der Waals surface area (Å²) >= 11 is 0. The average molecular weight is 265 g/mol. The van der Waals surface area contributed by atoms with Gasteiger partial charge in [-0.1, -0.05) is 13.8 Å². The molecule has 1 atom stereocenters. The van der Waals surface area contributed by atoms with Gasteiger partial charge in [0.15, 0.2) is 0 Å². The van der Waals surface area contributed by atoms with Crippen molar-refractivity contribution in [3.8, 4) is 5.75 Å². The summed E-state index contributed by atoms with van der Waals surface area (Å²) in [4.78, 5) is 22.4. The molecule has 0 spiro atoms. The van der Waals surface area contributed by atoms with Crippen molar-refractivity contribution in [3.05, 3.63) is 23.8 Å². The predicted molar refractivity (Wildman–Crippen MR) is 72.4 cm³/mol. The maximum Gasteiger partial charge on any atom is 0.306 e. The number of hydrogen-bond donors (Lipinski definition) is 2. The van der Waals surface area contributed by atoms with E-state index in [1.165, 1.54) is 6.92 Å². The monoisotopic (exact) mass is 265 g/mol. The molecule has 0 radical (unpaired) electrons. The van der Waals surface area contributed by atoms with E-state index >= 15 is 0 Å². The number of carbonyl (C=O) groups excluding carboxylic acids is 1. The highest BCUT2D eigenvalue weighted by Crippen LogP contribution is 2.23. The van der Waals surface area contributed by atoms with Gasteiger partial charge in [-0.15, -0.1) is 0 Å². The van der Waals surface area contributed by atoms with E-state index in [2.05, 4.69) is 5.32 Å². The molecule has 5 nitrogen and oxygen atoms in total. The number of aliphatic carboxylic acids is 1. The second-order valence-corrected chi connectivity index (χ2v) is 4.37. The average Bonchev–Trinajstić information content (AvgIpc) is 2.38. The molecule has 0 aromatic heterocycles. The summed E-state index contributed by atoms with van der Waals surface area (Å²) in [6.07, 6.45) is 0.751. The van der Waals surface area contributed by atoms with E-state index in [9.17, 15) is 9.59 Å². The van der Waals surface area contributed by atoms with Crippen molar-refractivity contribution >= 4 is 17.6 Å². The van der Waals surface area contributed by atoms with Gasteiger partial charge in [-0.3, -0.25) is 9.59 Å². The number of carboxylic acids is 1. The quantitative estimate of drug-likeness (QED) is 0.827. The summed E-state index contributed by atoms with van der Waals surface area (Å²) in [5.41, 5.74) is 1.65. The fraction of sp³-hybridized carbons (Fsp3) is 0.429. The standard InChI is InChI=1S/C14H19NO4/c1-4-10-8-11(5-6-12(10)19-3)15-13(16)7-9(2)14(17)18/h5-6,8-9H,4,7H2,1-3H3,(H,15,16)(H,17,18). The summed E-state index contributed by atoms with van der Waals surface area (Å²) in [6.45, 7) is 3.50. The van der Waals surface area contributed by atoms with Crippen LogP contribution in [0.1, 0.15) is 25.8 Å². The van der Waals surface area contributed by atoms with Crippen molar-refractivity contribution in [2.24, 2.45) is 5.92 Å². The fourth-order valence-electron chi connectivity index (χ4n) is 1.71. The van der Waals surface area contributed by atoms with Gasteiger partial charge in [0.1, 0.15) is 5.75 Å². The van der Waals surface area contributed by atoms with E-state index in [-0.39, 0.29) is 12.3 Å². The van der Waals surface area contributed by atoms with E-state index in [4.69, 9.17) is 9.84 Å². The minimum Gasteiger partial charge on any atom is -0.496 e. The van der Waals surface area contributed by atoms with Crippen molar-refractivity contribution in [1.82, 2.24) is 0 Å².